The molecule has 7 nitrogen and oxygen atoms in total. The van der Waals surface area contributed by atoms with Gasteiger partial charge in [-0.1, -0.05) is 30.9 Å². The molecule has 158 valence electrons. The second-order valence-corrected chi connectivity index (χ2v) is 6.76. The van der Waals surface area contributed by atoms with Crippen LogP contribution in [0.2, 0.25) is 0 Å². The molecular weight excluding hydrogens is 471 g/mol. The first-order chi connectivity index (χ1) is 12.9. The lowest BCUT2D eigenvalue weighted by Gasteiger charge is -2.20. The van der Waals surface area contributed by atoms with Crippen LogP contribution in [-0.4, -0.2) is 43.9 Å². The van der Waals surface area contributed by atoms with Gasteiger partial charge >= 0.3 is 6.09 Å². The third-order valence-corrected chi connectivity index (χ3v) is 3.17. The largest absolute Gasteiger partial charge is 0.489 e. The molecule has 0 saturated carbocycles. The van der Waals surface area contributed by atoms with Crippen molar-refractivity contribution >= 4 is 36.0 Å². The number of para-hydroxylation sites is 1. The van der Waals surface area contributed by atoms with E-state index in [0.717, 1.165) is 17.9 Å². The Hall–Kier alpha value is -1.97. The first-order valence-electron chi connectivity index (χ1n) is 9.16. The van der Waals surface area contributed by atoms with Crippen LogP contribution in [0.3, 0.4) is 0 Å². The van der Waals surface area contributed by atoms with Gasteiger partial charge in [0.2, 0.25) is 0 Å². The van der Waals surface area contributed by atoms with Gasteiger partial charge in [-0.2, -0.15) is 0 Å². The number of amides is 1. The van der Waals surface area contributed by atoms with Gasteiger partial charge in [0.15, 0.2) is 5.96 Å². The van der Waals surface area contributed by atoms with Crippen molar-refractivity contribution in [3.63, 3.8) is 0 Å². The summed E-state index contributed by atoms with van der Waals surface area (Å²) in [6.07, 6.45) is 1.28. The van der Waals surface area contributed by atoms with Crippen LogP contribution in [0.15, 0.2) is 41.9 Å². The topological polar surface area (TPSA) is 84.0 Å². The van der Waals surface area contributed by atoms with Crippen LogP contribution in [-0.2, 0) is 11.3 Å². The molecule has 1 aromatic rings. The number of benzene rings is 1. The average Bonchev–Trinajstić information content (AvgIpc) is 2.60. The highest BCUT2D eigenvalue weighted by molar-refractivity contribution is 14.0. The number of alkyl carbamates (subject to hydrolysis) is 1. The van der Waals surface area contributed by atoms with E-state index in [1.54, 1.807) is 6.08 Å². The van der Waals surface area contributed by atoms with Gasteiger partial charge in [0, 0.05) is 25.2 Å². The van der Waals surface area contributed by atoms with E-state index >= 15 is 0 Å². The highest BCUT2D eigenvalue weighted by Crippen LogP contribution is 2.18. The quantitative estimate of drug-likeness (QED) is 0.158. The minimum absolute atomic E-state index is 0. The maximum absolute atomic E-state index is 11.6. The van der Waals surface area contributed by atoms with E-state index in [1.165, 1.54) is 0 Å². The SMILES string of the molecule is C=CCOc1ccccc1CN=C(NCC)NCCNC(=O)OC(C)(C)C.I. The lowest BCUT2D eigenvalue weighted by atomic mass is 10.2. The molecule has 1 amide bonds. The van der Waals surface area contributed by atoms with Gasteiger partial charge in [0.05, 0.1) is 6.54 Å². The zero-order chi connectivity index (χ0) is 20.1. The van der Waals surface area contributed by atoms with Crippen molar-refractivity contribution in [1.82, 2.24) is 16.0 Å². The summed E-state index contributed by atoms with van der Waals surface area (Å²) in [6.45, 7) is 13.8. The van der Waals surface area contributed by atoms with E-state index in [9.17, 15) is 4.79 Å². The minimum Gasteiger partial charge on any atom is -0.489 e. The number of rotatable bonds is 9. The number of hydrogen-bond acceptors (Lipinski definition) is 4. The van der Waals surface area contributed by atoms with Gasteiger partial charge in [-0.15, -0.1) is 24.0 Å². The Morgan fingerprint density at radius 3 is 2.50 bits per heavy atom. The van der Waals surface area contributed by atoms with Gasteiger partial charge < -0.3 is 25.4 Å². The molecule has 0 unspecified atom stereocenters. The van der Waals surface area contributed by atoms with E-state index in [4.69, 9.17) is 9.47 Å². The molecule has 3 N–H and O–H groups in total. The van der Waals surface area contributed by atoms with Crippen LogP contribution in [0, 0.1) is 0 Å². The summed E-state index contributed by atoms with van der Waals surface area (Å²) >= 11 is 0. The molecule has 0 atom stereocenters. The van der Waals surface area contributed by atoms with Crippen molar-refractivity contribution in [1.29, 1.82) is 0 Å². The van der Waals surface area contributed by atoms with Crippen molar-refractivity contribution in [2.45, 2.75) is 39.8 Å². The minimum atomic E-state index is -0.505. The third-order valence-electron chi connectivity index (χ3n) is 3.17. The van der Waals surface area contributed by atoms with Crippen molar-refractivity contribution in [3.8, 4) is 5.75 Å². The van der Waals surface area contributed by atoms with Crippen LogP contribution in [0.4, 0.5) is 4.79 Å². The van der Waals surface area contributed by atoms with Crippen LogP contribution in [0.5, 0.6) is 5.75 Å². The molecular formula is C20H33IN4O3. The second-order valence-electron chi connectivity index (χ2n) is 6.76. The number of ether oxygens (including phenoxy) is 2. The summed E-state index contributed by atoms with van der Waals surface area (Å²) in [7, 11) is 0. The summed E-state index contributed by atoms with van der Waals surface area (Å²) in [5.41, 5.74) is 0.484. The monoisotopic (exact) mass is 504 g/mol. The standard InChI is InChI=1S/C20H32N4O3.HI/c1-6-14-26-17-11-9-8-10-16(17)15-24-18(21-7-2)22-12-13-23-19(25)27-20(3,4)5;/h6,8-11H,1,7,12-15H2,2-5H3,(H,23,25)(H2,21,22,24);1H. The predicted octanol–water partition coefficient (Wildman–Crippen LogP) is 3.45. The molecule has 0 saturated heterocycles. The number of nitrogens with one attached hydrogen (secondary N) is 3. The maximum atomic E-state index is 11.6. The fourth-order valence-electron chi connectivity index (χ4n) is 2.09. The van der Waals surface area contributed by atoms with E-state index in [-0.39, 0.29) is 24.0 Å². The Balaban J connectivity index is 0.00000729. The molecule has 1 rings (SSSR count). The summed E-state index contributed by atoms with van der Waals surface area (Å²) in [6, 6.07) is 7.78. The van der Waals surface area contributed by atoms with Crippen molar-refractivity contribution in [3.05, 3.63) is 42.5 Å². The number of aliphatic imine (C=N–C) groups is 1. The van der Waals surface area contributed by atoms with Crippen molar-refractivity contribution in [2.75, 3.05) is 26.2 Å². The summed E-state index contributed by atoms with van der Waals surface area (Å²) in [5, 5.41) is 9.07. The van der Waals surface area contributed by atoms with Crippen LogP contribution < -0.4 is 20.7 Å². The van der Waals surface area contributed by atoms with Gasteiger partial charge in [0.25, 0.3) is 0 Å². The molecule has 0 spiro atoms. The smallest absolute Gasteiger partial charge is 0.407 e. The Kier molecular flexibility index (Phi) is 13.1. The fraction of sp³-hybridized carbons (Fsp3) is 0.500. The van der Waals surface area contributed by atoms with Gasteiger partial charge in [0.1, 0.15) is 18.0 Å². The lowest BCUT2D eigenvalue weighted by Crippen LogP contribution is -2.42. The predicted molar refractivity (Wildman–Crippen MR) is 125 cm³/mol. The number of guanidine groups is 1. The van der Waals surface area contributed by atoms with Gasteiger partial charge in [-0.05, 0) is 33.8 Å². The fourth-order valence-corrected chi connectivity index (χ4v) is 2.09. The average molecular weight is 504 g/mol. The highest BCUT2D eigenvalue weighted by atomic mass is 127. The molecule has 1 aromatic carbocycles. The Labute approximate surface area is 185 Å². The summed E-state index contributed by atoms with van der Waals surface area (Å²) < 4.78 is 10.9. The van der Waals surface area contributed by atoms with Crippen LogP contribution in [0.25, 0.3) is 0 Å². The molecule has 8 heteroatoms. The van der Waals surface area contributed by atoms with E-state index < -0.39 is 11.7 Å². The Morgan fingerprint density at radius 1 is 1.18 bits per heavy atom. The Bertz CT molecular complexity index is 630. The highest BCUT2D eigenvalue weighted by Gasteiger charge is 2.15. The van der Waals surface area contributed by atoms with Crippen LogP contribution in [0.1, 0.15) is 33.3 Å². The molecule has 0 heterocycles. The lowest BCUT2D eigenvalue weighted by molar-refractivity contribution is 0.0529. The number of carbonyl (C=O) groups is 1. The van der Waals surface area contributed by atoms with E-state index in [0.29, 0.717) is 32.2 Å². The molecule has 0 aromatic heterocycles. The maximum Gasteiger partial charge on any atom is 0.407 e. The molecule has 0 aliphatic rings. The number of halogens is 1. The molecule has 0 fully saturated rings. The number of hydrogen-bond donors (Lipinski definition) is 3. The Morgan fingerprint density at radius 2 is 1.86 bits per heavy atom. The van der Waals surface area contributed by atoms with Crippen LogP contribution >= 0.6 is 24.0 Å². The zero-order valence-electron chi connectivity index (χ0n) is 17.2. The van der Waals surface area contributed by atoms with Crippen molar-refractivity contribution in [2.24, 2.45) is 4.99 Å². The molecule has 0 aliphatic carbocycles. The molecule has 0 bridgehead atoms. The zero-order valence-corrected chi connectivity index (χ0v) is 19.5. The third kappa shape index (κ3) is 11.7. The summed E-state index contributed by atoms with van der Waals surface area (Å²) in [4.78, 5) is 16.2. The van der Waals surface area contributed by atoms with Gasteiger partial charge in [-0.3, -0.25) is 0 Å². The van der Waals surface area contributed by atoms with Gasteiger partial charge in [-0.25, -0.2) is 9.79 Å². The summed E-state index contributed by atoms with van der Waals surface area (Å²) in [5.74, 6) is 1.46. The normalized spacial score (nSPS) is 11.1. The van der Waals surface area contributed by atoms with E-state index in [2.05, 4.69) is 27.5 Å². The van der Waals surface area contributed by atoms with E-state index in [1.807, 2.05) is 52.0 Å². The van der Waals surface area contributed by atoms with Crippen molar-refractivity contribution < 1.29 is 14.3 Å². The number of nitrogens with zero attached hydrogens (tertiary/aromatic N) is 1. The first kappa shape index (κ1) is 26.0. The molecule has 0 radical (unpaired) electrons. The first-order valence-corrected chi connectivity index (χ1v) is 9.16. The molecule has 0 aliphatic heterocycles. The molecule has 28 heavy (non-hydrogen) atoms. The number of carbonyl (C=O) groups excluding carboxylic acids is 1. The second kappa shape index (κ2) is 14.1.